The minimum Gasteiger partial charge on any atom is -0.481 e. The van der Waals surface area contributed by atoms with Crippen LogP contribution in [0.15, 0.2) is 22.8 Å². The number of Topliss-reactive ketones (excluding diaryl/α,β-unsaturated/α-hetero) is 3. The van der Waals surface area contributed by atoms with Crippen LogP contribution in [-0.4, -0.2) is 45.4 Å². The Bertz CT molecular complexity index is 1170. The average molecular weight is 513 g/mol. The summed E-state index contributed by atoms with van der Waals surface area (Å²) in [5.74, 6) is -3.14. The van der Waals surface area contributed by atoms with Crippen LogP contribution in [0.1, 0.15) is 87.0 Å². The van der Waals surface area contributed by atoms with Crippen LogP contribution in [0.25, 0.3) is 0 Å². The van der Waals surface area contributed by atoms with Crippen LogP contribution in [0, 0.1) is 39.4 Å². The van der Waals surface area contributed by atoms with E-state index in [1.165, 1.54) is 13.0 Å². The molecular weight excluding hydrogens is 472 g/mol. The van der Waals surface area contributed by atoms with Gasteiger partial charge >= 0.3 is 5.97 Å². The van der Waals surface area contributed by atoms with Gasteiger partial charge in [0.15, 0.2) is 17.3 Å². The van der Waals surface area contributed by atoms with E-state index in [2.05, 4.69) is 0 Å². The minimum absolute atomic E-state index is 0.0717. The van der Waals surface area contributed by atoms with Crippen molar-refractivity contribution in [3.05, 3.63) is 22.8 Å². The minimum atomic E-state index is -1.21. The molecule has 0 aromatic heterocycles. The van der Waals surface area contributed by atoms with Gasteiger partial charge in [0.05, 0.1) is 17.4 Å². The molecule has 0 amide bonds. The third-order valence-electron chi connectivity index (χ3n) is 10.8. The highest BCUT2D eigenvalue weighted by atomic mass is 16.4. The second-order valence-electron chi connectivity index (χ2n) is 13.3. The van der Waals surface area contributed by atoms with E-state index >= 15 is 0 Å². The van der Waals surface area contributed by atoms with Gasteiger partial charge in [-0.05, 0) is 43.1 Å². The third kappa shape index (κ3) is 3.67. The summed E-state index contributed by atoms with van der Waals surface area (Å²) >= 11 is 0. The van der Waals surface area contributed by atoms with E-state index in [-0.39, 0.29) is 60.7 Å². The number of fused-ring (bicyclic) bond motifs is 4. The maximum absolute atomic E-state index is 14.0. The summed E-state index contributed by atoms with van der Waals surface area (Å²) in [7, 11) is 0. The summed E-state index contributed by atoms with van der Waals surface area (Å²) in [6, 6.07) is 0. The van der Waals surface area contributed by atoms with Crippen LogP contribution in [0.5, 0.6) is 0 Å². The van der Waals surface area contributed by atoms with Crippen molar-refractivity contribution in [3.63, 3.8) is 0 Å². The SMILES string of the molecule is CC(CC(=O)CC(C)C1=CC(=O)C2(C)C3=C(C(=O)CC12C)C1(C)CCC(O)C(C)(C)C1CC3=O)C(=O)O. The second-order valence-corrected chi connectivity index (χ2v) is 13.3. The van der Waals surface area contributed by atoms with Gasteiger partial charge in [-0.3, -0.25) is 24.0 Å². The summed E-state index contributed by atoms with van der Waals surface area (Å²) in [5, 5.41) is 19.9. The standard InChI is InChI=1S/C30H40O7/c1-15(10-17(31)11-16(2)26(36)37)18-12-23(35)30(7)25-19(32)13-21-27(3,4)22(34)8-9-28(21,5)24(25)20(33)14-29(18,30)6/h12,15-16,21-22,34H,8-11,13-14H2,1-7H3,(H,36,37). The topological polar surface area (TPSA) is 126 Å². The largest absolute Gasteiger partial charge is 0.481 e. The van der Waals surface area contributed by atoms with Crippen molar-refractivity contribution in [1.82, 2.24) is 0 Å². The molecule has 1 fully saturated rings. The Balaban J connectivity index is 1.76. The number of hydrogen-bond acceptors (Lipinski definition) is 6. The Kier molecular flexibility index (Phi) is 6.38. The Morgan fingerprint density at radius 2 is 1.62 bits per heavy atom. The number of carboxylic acid groups (broad SMARTS) is 1. The lowest BCUT2D eigenvalue weighted by Gasteiger charge is -2.59. The second kappa shape index (κ2) is 8.55. The fraction of sp³-hybridized carbons (Fsp3) is 0.700. The molecule has 7 heteroatoms. The number of hydrogen-bond donors (Lipinski definition) is 2. The highest BCUT2D eigenvalue weighted by Crippen LogP contribution is 2.68. The van der Waals surface area contributed by atoms with Crippen molar-refractivity contribution in [2.24, 2.45) is 39.4 Å². The molecule has 0 bridgehead atoms. The van der Waals surface area contributed by atoms with Crippen molar-refractivity contribution < 1.29 is 34.2 Å². The Morgan fingerprint density at radius 1 is 1.00 bits per heavy atom. The number of allylic oxidation sites excluding steroid dienone is 4. The molecule has 0 spiro atoms. The Hall–Kier alpha value is -2.41. The number of aliphatic carboxylic acids is 1. The molecule has 0 radical (unpaired) electrons. The van der Waals surface area contributed by atoms with Crippen molar-refractivity contribution in [2.75, 3.05) is 0 Å². The molecule has 37 heavy (non-hydrogen) atoms. The highest BCUT2D eigenvalue weighted by Gasteiger charge is 2.68. The lowest BCUT2D eigenvalue weighted by atomic mass is 9.42. The van der Waals surface area contributed by atoms with Crippen LogP contribution in [-0.2, 0) is 24.0 Å². The van der Waals surface area contributed by atoms with E-state index in [0.29, 0.717) is 29.6 Å². The number of carboxylic acids is 1. The maximum atomic E-state index is 14.0. The number of aliphatic hydroxyl groups is 1. The van der Waals surface area contributed by atoms with E-state index in [1.54, 1.807) is 6.92 Å². The first-order chi connectivity index (χ1) is 16.9. The van der Waals surface area contributed by atoms with Gasteiger partial charge in [-0.1, -0.05) is 47.1 Å². The summed E-state index contributed by atoms with van der Waals surface area (Å²) in [6.07, 6.45) is 2.31. The fourth-order valence-corrected chi connectivity index (χ4v) is 8.27. The van der Waals surface area contributed by atoms with Gasteiger partial charge in [0.1, 0.15) is 5.78 Å². The third-order valence-corrected chi connectivity index (χ3v) is 10.8. The molecule has 4 rings (SSSR count). The zero-order valence-corrected chi connectivity index (χ0v) is 23.1. The van der Waals surface area contributed by atoms with Gasteiger partial charge in [0.2, 0.25) is 0 Å². The van der Waals surface area contributed by atoms with Gasteiger partial charge in [0, 0.05) is 47.7 Å². The number of rotatable bonds is 6. The molecule has 1 saturated carbocycles. The molecule has 0 aromatic rings. The van der Waals surface area contributed by atoms with E-state index in [9.17, 15) is 29.1 Å². The number of ketones is 4. The molecule has 202 valence electrons. The van der Waals surface area contributed by atoms with Crippen LogP contribution in [0.2, 0.25) is 0 Å². The normalized spacial score (nSPS) is 38.4. The van der Waals surface area contributed by atoms with Crippen LogP contribution in [0.4, 0.5) is 0 Å². The summed E-state index contributed by atoms with van der Waals surface area (Å²) < 4.78 is 0. The Labute approximate surface area is 218 Å². The molecule has 7 unspecified atom stereocenters. The molecule has 0 heterocycles. The first-order valence-electron chi connectivity index (χ1n) is 13.4. The van der Waals surface area contributed by atoms with E-state index < -0.39 is 39.7 Å². The lowest BCUT2D eigenvalue weighted by molar-refractivity contribution is -0.143. The molecule has 7 atom stereocenters. The highest BCUT2D eigenvalue weighted by molar-refractivity contribution is 6.19. The van der Waals surface area contributed by atoms with Crippen molar-refractivity contribution in [1.29, 1.82) is 0 Å². The zero-order chi connectivity index (χ0) is 27.9. The molecule has 0 aromatic carbocycles. The predicted molar refractivity (Wildman–Crippen MR) is 136 cm³/mol. The van der Waals surface area contributed by atoms with E-state index in [0.717, 1.165) is 0 Å². The molecule has 2 N–H and O–H groups in total. The fourth-order valence-electron chi connectivity index (χ4n) is 8.27. The zero-order valence-electron chi connectivity index (χ0n) is 23.1. The Morgan fingerprint density at radius 3 is 2.22 bits per heavy atom. The van der Waals surface area contributed by atoms with E-state index in [4.69, 9.17) is 5.11 Å². The molecule has 7 nitrogen and oxygen atoms in total. The molecular formula is C30H40O7. The molecule has 0 aliphatic heterocycles. The summed E-state index contributed by atoms with van der Waals surface area (Å²) in [5.41, 5.74) is -1.79. The first-order valence-corrected chi connectivity index (χ1v) is 13.4. The maximum Gasteiger partial charge on any atom is 0.306 e. The molecule has 4 aliphatic carbocycles. The number of carbonyl (C=O) groups is 5. The van der Waals surface area contributed by atoms with Crippen molar-refractivity contribution in [3.8, 4) is 0 Å². The van der Waals surface area contributed by atoms with Gasteiger partial charge in [-0.25, -0.2) is 0 Å². The van der Waals surface area contributed by atoms with Crippen molar-refractivity contribution in [2.45, 2.75) is 93.1 Å². The lowest BCUT2D eigenvalue weighted by Crippen LogP contribution is -2.59. The van der Waals surface area contributed by atoms with Gasteiger partial charge in [0.25, 0.3) is 0 Å². The van der Waals surface area contributed by atoms with Gasteiger partial charge < -0.3 is 10.2 Å². The van der Waals surface area contributed by atoms with Gasteiger partial charge in [-0.2, -0.15) is 0 Å². The molecule has 4 aliphatic rings. The number of carbonyl (C=O) groups excluding carboxylic acids is 4. The van der Waals surface area contributed by atoms with Crippen LogP contribution < -0.4 is 0 Å². The monoisotopic (exact) mass is 512 g/mol. The van der Waals surface area contributed by atoms with Gasteiger partial charge in [-0.15, -0.1) is 0 Å². The predicted octanol–water partition coefficient (Wildman–Crippen LogP) is 4.26. The summed E-state index contributed by atoms with van der Waals surface area (Å²) in [6.45, 7) is 12.9. The van der Waals surface area contributed by atoms with Crippen molar-refractivity contribution >= 4 is 29.1 Å². The average Bonchev–Trinajstić information content (AvgIpc) is 2.99. The molecule has 0 saturated heterocycles. The summed E-state index contributed by atoms with van der Waals surface area (Å²) in [4.78, 5) is 65.5. The quantitative estimate of drug-likeness (QED) is 0.545. The van der Waals surface area contributed by atoms with E-state index in [1.807, 2.05) is 34.6 Å². The van der Waals surface area contributed by atoms with Crippen LogP contribution >= 0.6 is 0 Å². The smallest absolute Gasteiger partial charge is 0.306 e. The number of aliphatic hydroxyl groups excluding tert-OH is 1. The first kappa shape index (κ1) is 27.6. The van der Waals surface area contributed by atoms with Crippen LogP contribution in [0.3, 0.4) is 0 Å².